The summed E-state index contributed by atoms with van der Waals surface area (Å²) in [4.78, 5) is 114. The van der Waals surface area contributed by atoms with E-state index in [2.05, 4.69) is 49.0 Å². The van der Waals surface area contributed by atoms with Gasteiger partial charge >= 0.3 is 65.5 Å². The van der Waals surface area contributed by atoms with Gasteiger partial charge in [0, 0.05) is 160 Å². The molecule has 0 radical (unpaired) electrons. The topological polar surface area (TPSA) is 455 Å². The molecule has 5 amide bonds. The van der Waals surface area contributed by atoms with Crippen molar-refractivity contribution in [2.75, 3.05) is 106 Å². The smallest absolute Gasteiger partial charge is 1.00 e. The molecule has 5 aliphatic rings. The van der Waals surface area contributed by atoms with Gasteiger partial charge in [-0.05, 0) is 340 Å². The fourth-order valence-corrected chi connectivity index (χ4v) is 14.9. The van der Waals surface area contributed by atoms with Crippen LogP contribution in [0.15, 0.2) is 63.1 Å². The molecular weight excluding hydrogens is 2060 g/mol. The minimum absolute atomic E-state index is 0. The summed E-state index contributed by atoms with van der Waals surface area (Å²) in [5.41, 5.74) is 7.33. The molecule has 40 heteroatoms. The molecule has 7 atom stereocenters. The number of carbonyl (C=O) groups is 9. The largest absolute Gasteiger partial charge is 2.00 e. The van der Waals surface area contributed by atoms with Gasteiger partial charge in [-0.3, -0.25) is 14.7 Å². The van der Waals surface area contributed by atoms with Crippen molar-refractivity contribution in [3.8, 4) is 0 Å². The number of ether oxygens (including phenoxy) is 7. The third-order valence-electron chi connectivity index (χ3n) is 20.3. The van der Waals surface area contributed by atoms with Crippen LogP contribution in [0, 0.1) is 43.9 Å². The van der Waals surface area contributed by atoms with Crippen molar-refractivity contribution in [2.24, 2.45) is 44.9 Å². The average Bonchev–Trinajstić information content (AvgIpc) is 0.837. The van der Waals surface area contributed by atoms with Crippen molar-refractivity contribution < 1.29 is 148 Å². The molecule has 5 fully saturated rings. The molecule has 0 saturated carbocycles. The minimum atomic E-state index is -1.21. The number of esters is 2. The number of hydrogen-bond donors (Lipinski definition) is 8. The van der Waals surface area contributed by atoms with E-state index in [4.69, 9.17) is 59.7 Å². The van der Waals surface area contributed by atoms with E-state index < -0.39 is 72.8 Å². The zero-order chi connectivity index (χ0) is 108. The number of hydrogen-bond acceptors (Lipinski definition) is 25. The summed E-state index contributed by atoms with van der Waals surface area (Å²) >= 11 is 3.53. The molecule has 0 bridgehead atoms. The van der Waals surface area contributed by atoms with Crippen LogP contribution in [-0.2, 0) is 107 Å². The second-order valence-corrected chi connectivity index (χ2v) is 48.5. The van der Waals surface area contributed by atoms with E-state index in [1.54, 1.807) is 70.5 Å². The van der Waals surface area contributed by atoms with Crippen LogP contribution in [-0.4, -0.2) is 308 Å². The van der Waals surface area contributed by atoms with E-state index in [0.29, 0.717) is 75.7 Å². The van der Waals surface area contributed by atoms with Crippen LogP contribution in [0.25, 0.3) is 5.57 Å². The standard InChI is InChI=1S/C23H33BrN2O4.C16H32N2O3S.C15H28N2O3S.C12H24N2O2.C12H14O3.C11H19NO3.C4H11NOS.4C2H6O.CH3.BrH.Mg.Ti/c1-15(17-11-13-26(14-12-17)22(28)30-23(3,4)5)25-16(2)20(21(27)29-6)18-9-7-8-10-19(18)24;1-12(17-22(20)16(5,6)7)13-8-10-18(11-9-13)14(19)21-15(2,3)4;1-14(2,3)20-13(18)17-9-7-12(8-10-17)11-16-21(19)15(4,5)6;1-9(13)10-5-7-14(8-6-10)11(15)16-12(2,3)4;1-8-6-4-5-7-10(8)11(9(2)13)12(14)15-3;1-11(2,3)15-10(14)12-6-4-9(8-13)5-7-12;1-4(2,3)7(5)6;4*1-2-3;;;;/h7-10,15,17,25H,11-14H2,1-6H3;12-13,17H,8-11H2,1-7H3;11-12H,7-10H2,1-6H3;9-10H,5-8,13H2,1-4H3;4-7,11H,1-3H3;8-9H,4-7H2,1-3H3;5H2,1-3H3;4*3H,2H2,1H3;1H3;1H;;/q;;;;;;;;;;;-1;;+2;/p-1/b20-16-;;;;;;;;;;;;;;/t;12?,22-;21-;;;;7-;;;;;;;;/m.00...0......../s1. The molecule has 2 aromatic rings. The molecule has 142 heavy (non-hydrogen) atoms. The van der Waals surface area contributed by atoms with Crippen LogP contribution in [0.4, 0.5) is 24.0 Å². The van der Waals surface area contributed by atoms with Gasteiger partial charge in [0.1, 0.15) is 57.0 Å². The van der Waals surface area contributed by atoms with Gasteiger partial charge in [-0.2, -0.15) is 4.40 Å². The van der Waals surface area contributed by atoms with Crippen LogP contribution in [0.2, 0.25) is 0 Å². The summed E-state index contributed by atoms with van der Waals surface area (Å²) < 4.78 is 78.2. The van der Waals surface area contributed by atoms with E-state index in [-0.39, 0.29) is 182 Å². The maximum absolute atomic E-state index is 12.5. The maximum Gasteiger partial charge on any atom is 2.00 e. The Balaban J connectivity index is -0.000000245. The van der Waals surface area contributed by atoms with Gasteiger partial charge in [0.25, 0.3) is 0 Å². The van der Waals surface area contributed by atoms with Crippen LogP contribution in [0.3, 0.4) is 0 Å². The number of amides is 5. The summed E-state index contributed by atoms with van der Waals surface area (Å²) in [7, 11) is -0.764. The molecule has 10 N–H and O–H groups in total. The van der Waals surface area contributed by atoms with Crippen LogP contribution < -0.4 is 37.9 Å². The summed E-state index contributed by atoms with van der Waals surface area (Å²) in [6.07, 6.45) is 10.3. The predicted molar refractivity (Wildman–Crippen MR) is 573 cm³/mol. The van der Waals surface area contributed by atoms with Crippen molar-refractivity contribution in [2.45, 2.75) is 366 Å². The monoisotopic (exact) mass is 2250 g/mol. The first kappa shape index (κ1) is 152. The molecule has 2 aromatic carbocycles. The Bertz CT molecular complexity index is 3990. The van der Waals surface area contributed by atoms with Gasteiger partial charge in [0.15, 0.2) is 0 Å². The molecule has 33 nitrogen and oxygen atoms in total. The zero-order valence-electron chi connectivity index (χ0n) is 93.5. The molecule has 0 spiro atoms. The second-order valence-electron chi connectivity index (χ2n) is 41.9. The normalized spacial score (nSPS) is 16.6. The van der Waals surface area contributed by atoms with Gasteiger partial charge in [0.05, 0.1) is 56.0 Å². The Labute approximate surface area is 913 Å². The SMILES string of the molecule is CC(C)(C)OC(=O)N1CCC(C=N[S@@](=O)C(C)(C)C)CC1.CC(C)(C)OC(=O)N1CCC(C=O)CC1.CC(C)(C)[S@@](N)=O.CC(N)C1CCN(C(=O)OC(C)(C)C)CC1.CC(N[S@@](=O)C(C)(C)C)C1CCN(C(=O)OC(C)(C)C)CC1.CCO.CCO.CCO.CCO.COC(=O)/C(=C(/C)NC(C)C1CCN(C(=O)OC(C)(C)C)CC1)c1ccccc1Br.COC(=O)C(C(C)=O)c1ccccc1C.[Br-].[CH3-].[Mg+2].[Ti]. The second kappa shape index (κ2) is 76.4. The van der Waals surface area contributed by atoms with Crippen molar-refractivity contribution >= 4 is 138 Å². The van der Waals surface area contributed by atoms with Crippen molar-refractivity contribution in [1.82, 2.24) is 34.5 Å². The van der Waals surface area contributed by atoms with E-state index in [0.717, 1.165) is 110 Å². The molecule has 822 valence electrons. The first-order valence-electron chi connectivity index (χ1n) is 48.1. The summed E-state index contributed by atoms with van der Waals surface area (Å²) in [6.45, 7) is 71.2. The van der Waals surface area contributed by atoms with E-state index >= 15 is 0 Å². The number of piperidine rings is 5. The molecular formula is C102H188Br2MgN10O23S3Ti. The van der Waals surface area contributed by atoms with Gasteiger partial charge in [-0.1, -0.05) is 58.4 Å². The van der Waals surface area contributed by atoms with Crippen LogP contribution >= 0.6 is 15.9 Å². The fourth-order valence-electron chi connectivity index (χ4n) is 12.9. The number of aldehydes is 1. The molecule has 0 aliphatic carbocycles. The first-order valence-corrected chi connectivity index (χ1v) is 52.4. The van der Waals surface area contributed by atoms with Crippen molar-refractivity contribution in [3.05, 3.63) is 82.8 Å². The Morgan fingerprint density at radius 2 is 0.775 bits per heavy atom. The molecule has 4 unspecified atom stereocenters. The number of nitrogens with zero attached hydrogens (tertiary/aromatic N) is 6. The number of aliphatic hydroxyl groups is 4. The average molecular weight is 2250 g/mol. The Morgan fingerprint density at radius 3 is 1.04 bits per heavy atom. The Hall–Kier alpha value is -5.11. The number of nitrogens with two attached hydrogens (primary N) is 2. The van der Waals surface area contributed by atoms with Gasteiger partial charge in [0.2, 0.25) is 0 Å². The van der Waals surface area contributed by atoms with Gasteiger partial charge in [-0.15, -0.1) is 0 Å². The maximum atomic E-state index is 12.5. The van der Waals surface area contributed by atoms with Crippen LogP contribution in [0.5, 0.6) is 0 Å². The number of benzene rings is 2. The predicted octanol–water partition coefficient (Wildman–Crippen LogP) is 14.3. The van der Waals surface area contributed by atoms with Crippen molar-refractivity contribution in [1.29, 1.82) is 0 Å². The third-order valence-corrected chi connectivity index (χ3v) is 25.3. The molecule has 7 rings (SSSR count). The van der Waals surface area contributed by atoms with E-state index in [9.17, 15) is 55.8 Å². The number of Topliss-reactive ketones (excluding diaryl/α,β-unsaturated/α-hetero) is 1. The van der Waals surface area contributed by atoms with E-state index in [1.165, 1.54) is 21.1 Å². The molecule has 5 aliphatic heterocycles. The summed E-state index contributed by atoms with van der Waals surface area (Å²) in [5, 5.41) is 38.8. The Morgan fingerprint density at radius 1 is 0.486 bits per heavy atom. The minimum Gasteiger partial charge on any atom is -1.00 e. The van der Waals surface area contributed by atoms with Gasteiger partial charge in [-0.25, -0.2) is 46.1 Å². The fraction of sp³-hybridized carbons (Fsp3) is 0.755. The Kier molecular flexibility index (Phi) is 81.9. The number of methoxy groups -OCH3 is 2. The number of rotatable bonds is 15. The quantitative estimate of drug-likeness (QED) is 0.0120. The number of aryl methyl sites for hydroxylation is 1. The molecule has 0 aromatic heterocycles. The number of halogens is 2. The molecule has 5 saturated heterocycles. The van der Waals surface area contributed by atoms with Crippen LogP contribution in [0.1, 0.15) is 315 Å². The molecule has 5 heterocycles. The summed E-state index contributed by atoms with van der Waals surface area (Å²) in [6, 6.07) is 15.5. The summed E-state index contributed by atoms with van der Waals surface area (Å²) in [5.74, 6) is -0.109. The number of likely N-dealkylation sites (tertiary alicyclic amines) is 5. The van der Waals surface area contributed by atoms with Crippen molar-refractivity contribution in [3.63, 3.8) is 0 Å². The number of nitrogens with one attached hydrogen (secondary N) is 2. The first-order chi connectivity index (χ1) is 63.3. The third kappa shape index (κ3) is 70.7. The number of carbonyl (C=O) groups excluding carboxylic acids is 9. The van der Waals surface area contributed by atoms with E-state index in [1.807, 2.05) is 223 Å². The van der Waals surface area contributed by atoms with Gasteiger partial charge < -0.3 is 118 Å². The number of aliphatic hydroxyl groups excluding tert-OH is 4. The number of allylic oxidation sites excluding steroid dienone is 1. The number of ketones is 1. The zero-order valence-corrected chi connectivity index (χ0v) is 102.